The lowest BCUT2D eigenvalue weighted by Gasteiger charge is -2.12. The Morgan fingerprint density at radius 1 is 1.09 bits per heavy atom. The maximum Gasteiger partial charge on any atom is 0.326 e. The highest BCUT2D eigenvalue weighted by molar-refractivity contribution is 6.14. The minimum Gasteiger partial charge on any atom is -0.367 e. The maximum atomic E-state index is 11.9. The number of fused-ring (bicyclic) bond motifs is 1. The van der Waals surface area contributed by atoms with Crippen molar-refractivity contribution in [3.8, 4) is 5.69 Å². The Hall–Kier alpha value is -4.67. The van der Waals surface area contributed by atoms with E-state index in [4.69, 9.17) is 4.98 Å². The Bertz CT molecular complexity index is 1400. The van der Waals surface area contributed by atoms with Crippen LogP contribution in [0.1, 0.15) is 18.4 Å². The minimum atomic E-state index is -0.548. The molecule has 6 rings (SSSR count). The number of benzene rings is 1. The van der Waals surface area contributed by atoms with Gasteiger partial charge in [0, 0.05) is 35.8 Å². The van der Waals surface area contributed by atoms with Gasteiger partial charge in [-0.1, -0.05) is 0 Å². The Balaban J connectivity index is 1.35. The Labute approximate surface area is 187 Å². The highest BCUT2D eigenvalue weighted by Crippen LogP contribution is 2.28. The first-order chi connectivity index (χ1) is 16.1. The molecule has 2 aliphatic rings. The second-order valence-corrected chi connectivity index (χ2v) is 7.87. The summed E-state index contributed by atoms with van der Waals surface area (Å²) in [5.74, 6) is 0.933. The van der Waals surface area contributed by atoms with Crippen LogP contribution in [0.2, 0.25) is 0 Å². The summed E-state index contributed by atoms with van der Waals surface area (Å²) in [6.07, 6.45) is 9.01. The molecule has 4 heterocycles. The number of anilines is 3. The van der Waals surface area contributed by atoms with E-state index in [2.05, 4.69) is 31.5 Å². The molecule has 0 atom stereocenters. The quantitative estimate of drug-likeness (QED) is 0.267. The van der Waals surface area contributed by atoms with Gasteiger partial charge in [-0.25, -0.2) is 14.5 Å². The summed E-state index contributed by atoms with van der Waals surface area (Å²) in [6.45, 7) is 0. The van der Waals surface area contributed by atoms with E-state index in [1.54, 1.807) is 27.7 Å². The summed E-state index contributed by atoms with van der Waals surface area (Å²) in [7, 11) is 0. The number of amides is 3. The average Bonchev–Trinajstić information content (AvgIpc) is 3.17. The van der Waals surface area contributed by atoms with Gasteiger partial charge in [-0.15, -0.1) is 0 Å². The molecule has 4 N–H and O–H groups in total. The number of rotatable bonds is 6. The Morgan fingerprint density at radius 2 is 1.94 bits per heavy atom. The standard InChI is InChI=1S/C22H19N9O2/c32-21-17(27-22(33)29-21)10-13-12-24-31-19(26-15-2-3-15)11-18(28-20(13)31)25-14-4-6-16(7-5-14)30-9-1-8-23-30/h1,4-12,15,26H,2-3H2,(H,25,28)(H2,27,29,32,33). The van der Waals surface area contributed by atoms with Crippen molar-refractivity contribution in [3.63, 3.8) is 0 Å². The number of imide groups is 1. The van der Waals surface area contributed by atoms with Gasteiger partial charge in [-0.05, 0) is 49.2 Å². The van der Waals surface area contributed by atoms with Crippen molar-refractivity contribution in [3.05, 3.63) is 66.2 Å². The highest BCUT2D eigenvalue weighted by Gasteiger charge is 2.25. The molecule has 1 aliphatic carbocycles. The molecule has 3 amide bonds. The summed E-state index contributed by atoms with van der Waals surface area (Å²) < 4.78 is 3.49. The first-order valence-corrected chi connectivity index (χ1v) is 10.5. The number of nitrogens with one attached hydrogen (secondary N) is 4. The molecule has 3 aromatic heterocycles. The predicted molar refractivity (Wildman–Crippen MR) is 121 cm³/mol. The topological polar surface area (TPSA) is 130 Å². The van der Waals surface area contributed by atoms with E-state index in [0.717, 1.165) is 30.0 Å². The smallest absolute Gasteiger partial charge is 0.326 e. The summed E-state index contributed by atoms with van der Waals surface area (Å²) >= 11 is 0. The van der Waals surface area contributed by atoms with Crippen LogP contribution in [0.25, 0.3) is 17.4 Å². The molecule has 1 saturated carbocycles. The SMILES string of the molecule is O=C1NC(=O)C(=Cc2cnn3c(NC4CC4)cc(Nc4ccc(-n5cccn5)cc4)nc23)N1. The number of hydrogen-bond acceptors (Lipinski definition) is 7. The zero-order valence-electron chi connectivity index (χ0n) is 17.3. The maximum absolute atomic E-state index is 11.9. The number of nitrogens with zero attached hydrogens (tertiary/aromatic N) is 5. The zero-order valence-corrected chi connectivity index (χ0v) is 17.3. The molecule has 11 heteroatoms. The Morgan fingerprint density at radius 3 is 2.64 bits per heavy atom. The Kier molecular flexibility index (Phi) is 4.32. The molecule has 4 aromatic rings. The average molecular weight is 441 g/mol. The fourth-order valence-electron chi connectivity index (χ4n) is 3.59. The first-order valence-electron chi connectivity index (χ1n) is 10.5. The van der Waals surface area contributed by atoms with Gasteiger partial charge >= 0.3 is 6.03 Å². The number of hydrogen-bond donors (Lipinski definition) is 4. The summed E-state index contributed by atoms with van der Waals surface area (Å²) in [6, 6.07) is 11.5. The number of carbonyl (C=O) groups excluding carboxylic acids is 2. The van der Waals surface area contributed by atoms with Crippen LogP contribution in [0, 0.1) is 0 Å². The fraction of sp³-hybridized carbons (Fsp3) is 0.136. The van der Waals surface area contributed by atoms with Crippen LogP contribution in [0.3, 0.4) is 0 Å². The van der Waals surface area contributed by atoms with Gasteiger partial charge in [0.15, 0.2) is 5.65 Å². The minimum absolute atomic E-state index is 0.154. The number of carbonyl (C=O) groups is 2. The van der Waals surface area contributed by atoms with Gasteiger partial charge < -0.3 is 16.0 Å². The van der Waals surface area contributed by atoms with E-state index < -0.39 is 11.9 Å². The lowest BCUT2D eigenvalue weighted by Crippen LogP contribution is -2.22. The third kappa shape index (κ3) is 3.76. The van der Waals surface area contributed by atoms with E-state index in [-0.39, 0.29) is 5.70 Å². The number of urea groups is 1. The van der Waals surface area contributed by atoms with E-state index in [0.29, 0.717) is 23.1 Å². The largest absolute Gasteiger partial charge is 0.367 e. The molecule has 164 valence electrons. The van der Waals surface area contributed by atoms with Crippen LogP contribution in [0.15, 0.2) is 60.7 Å². The highest BCUT2D eigenvalue weighted by atomic mass is 16.2. The molecule has 1 aromatic carbocycles. The fourth-order valence-corrected chi connectivity index (χ4v) is 3.59. The van der Waals surface area contributed by atoms with Crippen LogP contribution in [-0.4, -0.2) is 42.4 Å². The second kappa shape index (κ2) is 7.48. The van der Waals surface area contributed by atoms with Crippen LogP contribution in [0.5, 0.6) is 0 Å². The van der Waals surface area contributed by atoms with Crippen molar-refractivity contribution in [2.45, 2.75) is 18.9 Å². The van der Waals surface area contributed by atoms with E-state index in [1.807, 2.05) is 42.6 Å². The van der Waals surface area contributed by atoms with Gasteiger partial charge in [0.25, 0.3) is 5.91 Å². The van der Waals surface area contributed by atoms with Crippen molar-refractivity contribution >= 4 is 41.0 Å². The van der Waals surface area contributed by atoms with E-state index in [1.165, 1.54) is 0 Å². The third-order valence-electron chi connectivity index (χ3n) is 5.36. The van der Waals surface area contributed by atoms with Gasteiger partial charge in [0.1, 0.15) is 17.3 Å². The van der Waals surface area contributed by atoms with Gasteiger partial charge in [-0.3, -0.25) is 10.1 Å². The van der Waals surface area contributed by atoms with Crippen molar-refractivity contribution in [1.29, 1.82) is 0 Å². The van der Waals surface area contributed by atoms with Crippen LogP contribution in [-0.2, 0) is 4.79 Å². The normalized spacial score (nSPS) is 16.8. The van der Waals surface area contributed by atoms with Crippen LogP contribution in [0.4, 0.5) is 22.1 Å². The second-order valence-electron chi connectivity index (χ2n) is 7.87. The van der Waals surface area contributed by atoms with Crippen LogP contribution < -0.4 is 21.3 Å². The molecule has 1 aliphatic heterocycles. The molecular weight excluding hydrogens is 422 g/mol. The molecule has 2 fully saturated rings. The molecule has 0 spiro atoms. The van der Waals surface area contributed by atoms with Gasteiger partial charge in [0.2, 0.25) is 0 Å². The zero-order chi connectivity index (χ0) is 22.4. The monoisotopic (exact) mass is 441 g/mol. The van der Waals surface area contributed by atoms with Crippen LogP contribution >= 0.6 is 0 Å². The molecule has 1 saturated heterocycles. The summed E-state index contributed by atoms with van der Waals surface area (Å²) in [5, 5.41) is 20.2. The third-order valence-corrected chi connectivity index (χ3v) is 5.36. The van der Waals surface area contributed by atoms with E-state index in [9.17, 15) is 9.59 Å². The molecule has 33 heavy (non-hydrogen) atoms. The lowest BCUT2D eigenvalue weighted by molar-refractivity contribution is -0.115. The molecule has 11 nitrogen and oxygen atoms in total. The predicted octanol–water partition coefficient (Wildman–Crippen LogP) is 2.41. The summed E-state index contributed by atoms with van der Waals surface area (Å²) in [5.41, 5.74) is 3.13. The van der Waals surface area contributed by atoms with Crippen molar-refractivity contribution < 1.29 is 9.59 Å². The van der Waals surface area contributed by atoms with Crippen molar-refractivity contribution in [1.82, 2.24) is 35.0 Å². The first kappa shape index (κ1) is 19.0. The summed E-state index contributed by atoms with van der Waals surface area (Å²) in [4.78, 5) is 28.1. The van der Waals surface area contributed by atoms with Gasteiger partial charge in [-0.2, -0.15) is 14.7 Å². The van der Waals surface area contributed by atoms with Crippen molar-refractivity contribution in [2.24, 2.45) is 0 Å². The molecule has 0 radical (unpaired) electrons. The molecular formula is C22H19N9O2. The molecule has 0 unspecified atom stereocenters. The van der Waals surface area contributed by atoms with Gasteiger partial charge in [0.05, 0.1) is 11.9 Å². The lowest BCUT2D eigenvalue weighted by atomic mass is 10.2. The van der Waals surface area contributed by atoms with E-state index >= 15 is 0 Å². The van der Waals surface area contributed by atoms with Crippen molar-refractivity contribution in [2.75, 3.05) is 10.6 Å². The number of aromatic nitrogens is 5. The molecule has 0 bridgehead atoms.